The van der Waals surface area contributed by atoms with Crippen molar-refractivity contribution in [3.05, 3.63) is 35.9 Å². The van der Waals surface area contributed by atoms with Gasteiger partial charge in [0, 0.05) is 19.1 Å². The third-order valence-electron chi connectivity index (χ3n) is 4.21. The van der Waals surface area contributed by atoms with Crippen LogP contribution in [0.25, 0.3) is 0 Å². The molecule has 0 radical (unpaired) electrons. The highest BCUT2D eigenvalue weighted by molar-refractivity contribution is 5.14. The number of nitrogens with one attached hydrogen (secondary N) is 1. The van der Waals surface area contributed by atoms with Gasteiger partial charge in [-0.2, -0.15) is 0 Å². The molecule has 1 aromatic carbocycles. The van der Waals surface area contributed by atoms with Gasteiger partial charge in [0.25, 0.3) is 0 Å². The summed E-state index contributed by atoms with van der Waals surface area (Å²) in [5.41, 5.74) is 7.30. The largest absolute Gasteiger partial charge is 0.329 e. The molecule has 3 unspecified atom stereocenters. The summed E-state index contributed by atoms with van der Waals surface area (Å²) in [4.78, 5) is 0. The van der Waals surface area contributed by atoms with E-state index >= 15 is 0 Å². The normalized spacial score (nSPS) is 25.9. The van der Waals surface area contributed by atoms with E-state index in [0.29, 0.717) is 6.04 Å². The topological polar surface area (TPSA) is 38.0 Å². The summed E-state index contributed by atoms with van der Waals surface area (Å²) in [7, 11) is 0. The number of rotatable bonds is 5. The predicted molar refractivity (Wildman–Crippen MR) is 77.2 cm³/mol. The maximum absolute atomic E-state index is 5.95. The molecule has 1 aliphatic rings. The van der Waals surface area contributed by atoms with E-state index in [1.54, 1.807) is 0 Å². The highest BCUT2D eigenvalue weighted by atomic mass is 14.9. The van der Waals surface area contributed by atoms with Crippen LogP contribution in [-0.4, -0.2) is 12.6 Å². The Kier molecular flexibility index (Phi) is 5.21. The van der Waals surface area contributed by atoms with Gasteiger partial charge in [-0.15, -0.1) is 0 Å². The van der Waals surface area contributed by atoms with Crippen molar-refractivity contribution in [1.29, 1.82) is 0 Å². The first kappa shape index (κ1) is 13.6. The van der Waals surface area contributed by atoms with Crippen molar-refractivity contribution < 1.29 is 0 Å². The summed E-state index contributed by atoms with van der Waals surface area (Å²) >= 11 is 0. The van der Waals surface area contributed by atoms with Crippen molar-refractivity contribution in [2.24, 2.45) is 17.6 Å². The van der Waals surface area contributed by atoms with E-state index in [1.807, 2.05) is 0 Å². The second-order valence-corrected chi connectivity index (χ2v) is 5.74. The number of hydrogen-bond acceptors (Lipinski definition) is 2. The van der Waals surface area contributed by atoms with Crippen LogP contribution >= 0.6 is 0 Å². The van der Waals surface area contributed by atoms with Crippen LogP contribution in [0.3, 0.4) is 0 Å². The van der Waals surface area contributed by atoms with Crippen LogP contribution in [-0.2, 0) is 6.54 Å². The maximum Gasteiger partial charge on any atom is 0.0221 e. The Hall–Kier alpha value is -0.860. The van der Waals surface area contributed by atoms with Crippen LogP contribution in [0.4, 0.5) is 0 Å². The van der Waals surface area contributed by atoms with Crippen LogP contribution in [0.15, 0.2) is 30.3 Å². The molecule has 0 bridgehead atoms. The van der Waals surface area contributed by atoms with E-state index in [1.165, 1.54) is 31.2 Å². The van der Waals surface area contributed by atoms with Gasteiger partial charge in [-0.1, -0.05) is 50.1 Å². The van der Waals surface area contributed by atoms with Gasteiger partial charge in [0.2, 0.25) is 0 Å². The summed E-state index contributed by atoms with van der Waals surface area (Å²) in [5, 5.41) is 3.65. The minimum Gasteiger partial charge on any atom is -0.329 e. The van der Waals surface area contributed by atoms with Crippen LogP contribution in [0, 0.1) is 11.8 Å². The van der Waals surface area contributed by atoms with Gasteiger partial charge < -0.3 is 11.1 Å². The first-order chi connectivity index (χ1) is 8.79. The summed E-state index contributed by atoms with van der Waals surface area (Å²) in [6.45, 7) is 4.06. The lowest BCUT2D eigenvalue weighted by Gasteiger charge is -2.33. The third kappa shape index (κ3) is 3.82. The zero-order chi connectivity index (χ0) is 12.8. The molecule has 100 valence electrons. The summed E-state index contributed by atoms with van der Waals surface area (Å²) in [6.07, 6.45) is 5.44. The Labute approximate surface area is 111 Å². The Balaban J connectivity index is 1.85. The fraction of sp³-hybridized carbons (Fsp3) is 0.625. The van der Waals surface area contributed by atoms with Gasteiger partial charge in [0.15, 0.2) is 0 Å². The third-order valence-corrected chi connectivity index (χ3v) is 4.21. The summed E-state index contributed by atoms with van der Waals surface area (Å²) < 4.78 is 0. The molecule has 1 aromatic rings. The second kappa shape index (κ2) is 6.91. The molecule has 1 saturated carbocycles. The predicted octanol–water partition coefficient (Wildman–Crippen LogP) is 2.93. The first-order valence-corrected chi connectivity index (χ1v) is 7.27. The summed E-state index contributed by atoms with van der Waals surface area (Å²) in [6, 6.07) is 11.1. The van der Waals surface area contributed by atoms with E-state index in [4.69, 9.17) is 5.73 Å². The van der Waals surface area contributed by atoms with Crippen molar-refractivity contribution >= 4 is 0 Å². The highest BCUT2D eigenvalue weighted by Gasteiger charge is 2.25. The van der Waals surface area contributed by atoms with Crippen molar-refractivity contribution in [3.63, 3.8) is 0 Å². The van der Waals surface area contributed by atoms with Gasteiger partial charge in [-0.25, -0.2) is 0 Å². The minimum atomic E-state index is 0.480. The zero-order valence-corrected chi connectivity index (χ0v) is 11.4. The Morgan fingerprint density at radius 3 is 2.72 bits per heavy atom. The molecule has 1 aliphatic carbocycles. The van der Waals surface area contributed by atoms with E-state index < -0.39 is 0 Å². The molecule has 0 heterocycles. The molecule has 0 spiro atoms. The van der Waals surface area contributed by atoms with E-state index in [2.05, 4.69) is 42.6 Å². The monoisotopic (exact) mass is 246 g/mol. The van der Waals surface area contributed by atoms with E-state index in [0.717, 1.165) is 24.9 Å². The zero-order valence-electron chi connectivity index (χ0n) is 11.4. The van der Waals surface area contributed by atoms with E-state index in [9.17, 15) is 0 Å². The van der Waals surface area contributed by atoms with Gasteiger partial charge in [-0.05, 0) is 30.2 Å². The smallest absolute Gasteiger partial charge is 0.0221 e. The van der Waals surface area contributed by atoms with Crippen molar-refractivity contribution in [2.45, 2.75) is 45.2 Å². The second-order valence-electron chi connectivity index (χ2n) is 5.74. The maximum atomic E-state index is 5.95. The molecule has 2 heteroatoms. The highest BCUT2D eigenvalue weighted by Crippen LogP contribution is 2.30. The molecule has 1 fully saturated rings. The molecule has 18 heavy (non-hydrogen) atoms. The quantitative estimate of drug-likeness (QED) is 0.838. The lowest BCUT2D eigenvalue weighted by molar-refractivity contribution is 0.224. The number of hydrogen-bond donors (Lipinski definition) is 2. The molecule has 0 aromatic heterocycles. The van der Waals surface area contributed by atoms with Gasteiger partial charge in [0.1, 0.15) is 0 Å². The van der Waals surface area contributed by atoms with Gasteiger partial charge in [-0.3, -0.25) is 0 Å². The van der Waals surface area contributed by atoms with Crippen molar-refractivity contribution in [1.82, 2.24) is 5.32 Å². The first-order valence-electron chi connectivity index (χ1n) is 7.27. The van der Waals surface area contributed by atoms with Crippen LogP contribution in [0.2, 0.25) is 0 Å². The van der Waals surface area contributed by atoms with Crippen molar-refractivity contribution in [3.8, 4) is 0 Å². The van der Waals surface area contributed by atoms with Crippen LogP contribution in [0.5, 0.6) is 0 Å². The van der Waals surface area contributed by atoms with Crippen molar-refractivity contribution in [2.75, 3.05) is 6.54 Å². The molecular formula is C16H26N2. The molecule has 0 amide bonds. The van der Waals surface area contributed by atoms with Gasteiger partial charge >= 0.3 is 0 Å². The lowest BCUT2D eigenvalue weighted by atomic mass is 9.78. The Morgan fingerprint density at radius 1 is 1.28 bits per heavy atom. The summed E-state index contributed by atoms with van der Waals surface area (Å²) in [5.74, 6) is 1.64. The standard InChI is InChI=1S/C16H26N2/c1-13-6-5-9-15(10-13)16(11-17)18-12-14-7-3-2-4-8-14/h2-4,7-8,13,15-16,18H,5-6,9-12,17H2,1H3. The Morgan fingerprint density at radius 2 is 2.06 bits per heavy atom. The Bertz CT molecular complexity index is 336. The molecular weight excluding hydrogens is 220 g/mol. The average molecular weight is 246 g/mol. The fourth-order valence-corrected chi connectivity index (χ4v) is 3.13. The number of benzene rings is 1. The molecule has 3 atom stereocenters. The van der Waals surface area contributed by atoms with Crippen LogP contribution in [0.1, 0.15) is 38.2 Å². The average Bonchev–Trinajstić information content (AvgIpc) is 2.41. The van der Waals surface area contributed by atoms with Gasteiger partial charge in [0.05, 0.1) is 0 Å². The van der Waals surface area contributed by atoms with Crippen LogP contribution < -0.4 is 11.1 Å². The fourth-order valence-electron chi connectivity index (χ4n) is 3.13. The SMILES string of the molecule is CC1CCCC(C(CN)NCc2ccccc2)C1. The molecule has 0 aliphatic heterocycles. The minimum absolute atomic E-state index is 0.480. The molecule has 2 rings (SSSR count). The number of nitrogens with two attached hydrogens (primary N) is 1. The van der Waals surface area contributed by atoms with E-state index in [-0.39, 0.29) is 0 Å². The lowest BCUT2D eigenvalue weighted by Crippen LogP contribution is -2.43. The molecule has 3 N–H and O–H groups in total. The molecule has 2 nitrogen and oxygen atoms in total. The molecule has 0 saturated heterocycles.